The summed E-state index contributed by atoms with van der Waals surface area (Å²) >= 11 is 1.41. The first-order chi connectivity index (χ1) is 14.0. The van der Waals surface area contributed by atoms with Crippen LogP contribution >= 0.6 is 11.8 Å². The van der Waals surface area contributed by atoms with Crippen molar-refractivity contribution in [1.29, 1.82) is 0 Å². The molecule has 2 heterocycles. The number of carbonyl (C=O) groups is 1. The third kappa shape index (κ3) is 4.00. The van der Waals surface area contributed by atoms with Gasteiger partial charge in [-0.2, -0.15) is 0 Å². The highest BCUT2D eigenvalue weighted by Crippen LogP contribution is 2.39. The van der Waals surface area contributed by atoms with Crippen LogP contribution in [0.1, 0.15) is 26.3 Å². The normalized spacial score (nSPS) is 14.0. The predicted molar refractivity (Wildman–Crippen MR) is 115 cm³/mol. The minimum atomic E-state index is -0.155. The van der Waals surface area contributed by atoms with Crippen LogP contribution in [0.3, 0.4) is 0 Å². The number of thioether (sulfide) groups is 1. The van der Waals surface area contributed by atoms with Crippen molar-refractivity contribution in [3.8, 4) is 17.1 Å². The largest absolute Gasteiger partial charge is 0.494 e. The van der Waals surface area contributed by atoms with Gasteiger partial charge in [-0.25, -0.2) is 0 Å². The van der Waals surface area contributed by atoms with Crippen LogP contribution in [0.25, 0.3) is 11.4 Å². The average Bonchev–Trinajstić information content (AvgIpc) is 3.12. The van der Waals surface area contributed by atoms with Crippen molar-refractivity contribution in [3.63, 3.8) is 0 Å². The molecule has 29 heavy (non-hydrogen) atoms. The summed E-state index contributed by atoms with van der Waals surface area (Å²) in [6.07, 6.45) is 0.901. The van der Waals surface area contributed by atoms with E-state index in [1.165, 1.54) is 17.3 Å². The molecule has 2 aromatic carbocycles. The van der Waals surface area contributed by atoms with E-state index in [1.54, 1.807) is 0 Å². The molecule has 0 spiro atoms. The fraction of sp³-hybridized carbons (Fsp3) is 0.318. The molecule has 0 unspecified atom stereocenters. The van der Waals surface area contributed by atoms with Crippen LogP contribution in [0.5, 0.6) is 5.75 Å². The molecule has 0 radical (unpaired) electrons. The van der Waals surface area contributed by atoms with E-state index in [-0.39, 0.29) is 17.2 Å². The first-order valence-electron chi connectivity index (χ1n) is 9.67. The predicted octanol–water partition coefficient (Wildman–Crippen LogP) is 4.37. The Bertz CT molecular complexity index is 1040. The molecule has 4 rings (SSSR count). The van der Waals surface area contributed by atoms with Crippen molar-refractivity contribution in [2.45, 2.75) is 37.9 Å². The van der Waals surface area contributed by atoms with Gasteiger partial charge in [0, 0.05) is 22.9 Å². The molecule has 1 aliphatic heterocycles. The molecular weight excluding hydrogens is 384 g/mol. The van der Waals surface area contributed by atoms with E-state index in [2.05, 4.69) is 52.1 Å². The van der Waals surface area contributed by atoms with Gasteiger partial charge in [-0.3, -0.25) is 9.36 Å². The Balaban J connectivity index is 1.49. The zero-order valence-electron chi connectivity index (χ0n) is 16.8. The molecule has 0 bridgehead atoms. The number of carbonyl (C=O) groups excluding carboxylic acids is 1. The molecule has 1 amide bonds. The molecule has 150 valence electrons. The lowest BCUT2D eigenvalue weighted by Gasteiger charge is -2.34. The Kier molecular flexibility index (Phi) is 5.32. The summed E-state index contributed by atoms with van der Waals surface area (Å²) in [4.78, 5) is 12.5. The number of amides is 1. The monoisotopic (exact) mass is 408 g/mol. The standard InChI is InChI=1S/C22H24N4O2S/c1-4-28-17-10-7-9-16(12-17)23-19(27)14-29-21-25-24-20-18-11-6-5-8-15(18)13-22(2,3)26(20)21/h5-12H,4,13-14H2,1-3H3,(H,23,27). The van der Waals surface area contributed by atoms with Gasteiger partial charge in [0.25, 0.3) is 0 Å². The number of hydrogen-bond donors (Lipinski definition) is 1. The second-order valence-electron chi connectivity index (χ2n) is 7.59. The van der Waals surface area contributed by atoms with Crippen molar-refractivity contribution in [3.05, 3.63) is 54.1 Å². The lowest BCUT2D eigenvalue weighted by Crippen LogP contribution is -2.33. The number of anilines is 1. The summed E-state index contributed by atoms with van der Waals surface area (Å²) in [7, 11) is 0. The summed E-state index contributed by atoms with van der Waals surface area (Å²) < 4.78 is 7.64. The summed E-state index contributed by atoms with van der Waals surface area (Å²) in [6, 6.07) is 15.7. The maximum atomic E-state index is 12.5. The average molecular weight is 409 g/mol. The highest BCUT2D eigenvalue weighted by Gasteiger charge is 2.34. The Hall–Kier alpha value is -2.80. The Morgan fingerprint density at radius 1 is 1.21 bits per heavy atom. The van der Waals surface area contributed by atoms with Crippen molar-refractivity contribution in [1.82, 2.24) is 14.8 Å². The molecule has 3 aromatic rings. The third-order valence-corrected chi connectivity index (χ3v) is 5.81. The summed E-state index contributed by atoms with van der Waals surface area (Å²) in [5.74, 6) is 1.78. The van der Waals surface area contributed by atoms with Gasteiger partial charge in [-0.15, -0.1) is 10.2 Å². The van der Waals surface area contributed by atoms with Gasteiger partial charge in [0.15, 0.2) is 11.0 Å². The van der Waals surface area contributed by atoms with Crippen LogP contribution in [-0.2, 0) is 16.8 Å². The highest BCUT2D eigenvalue weighted by molar-refractivity contribution is 7.99. The first kappa shape index (κ1) is 19.5. The van der Waals surface area contributed by atoms with E-state index in [0.29, 0.717) is 6.61 Å². The number of nitrogens with zero attached hydrogens (tertiary/aromatic N) is 3. The van der Waals surface area contributed by atoms with Crippen LogP contribution < -0.4 is 10.1 Å². The van der Waals surface area contributed by atoms with Crippen LogP contribution in [0, 0.1) is 0 Å². The molecular formula is C22H24N4O2S. The van der Waals surface area contributed by atoms with E-state index in [0.717, 1.165) is 34.4 Å². The molecule has 0 saturated heterocycles. The number of ether oxygens (including phenoxy) is 1. The fourth-order valence-corrected chi connectivity index (χ4v) is 4.57. The molecule has 0 atom stereocenters. The van der Waals surface area contributed by atoms with Crippen LogP contribution in [-0.4, -0.2) is 33.0 Å². The quantitative estimate of drug-likeness (QED) is 0.614. The maximum Gasteiger partial charge on any atom is 0.234 e. The summed E-state index contributed by atoms with van der Waals surface area (Å²) in [5.41, 5.74) is 2.96. The minimum absolute atomic E-state index is 0.0879. The Labute approximate surface area is 174 Å². The number of nitrogens with one attached hydrogen (secondary N) is 1. The number of benzene rings is 2. The lowest BCUT2D eigenvalue weighted by molar-refractivity contribution is -0.113. The van der Waals surface area contributed by atoms with Gasteiger partial charge < -0.3 is 10.1 Å². The van der Waals surface area contributed by atoms with Gasteiger partial charge in [0.05, 0.1) is 12.4 Å². The van der Waals surface area contributed by atoms with E-state index < -0.39 is 0 Å². The molecule has 1 aliphatic rings. The molecule has 0 fully saturated rings. The Morgan fingerprint density at radius 2 is 2.03 bits per heavy atom. The summed E-state index contributed by atoms with van der Waals surface area (Å²) in [5, 5.41) is 12.5. The fourth-order valence-electron chi connectivity index (χ4n) is 3.68. The molecule has 6 nitrogen and oxygen atoms in total. The number of aromatic nitrogens is 3. The lowest BCUT2D eigenvalue weighted by atomic mass is 9.87. The van der Waals surface area contributed by atoms with Crippen LogP contribution in [0.2, 0.25) is 0 Å². The topological polar surface area (TPSA) is 69.0 Å². The number of fused-ring (bicyclic) bond motifs is 3. The zero-order chi connectivity index (χ0) is 20.4. The van der Waals surface area contributed by atoms with Gasteiger partial charge in [-0.1, -0.05) is 42.1 Å². The second kappa shape index (κ2) is 7.91. The van der Waals surface area contributed by atoms with E-state index in [9.17, 15) is 4.79 Å². The second-order valence-corrected chi connectivity index (χ2v) is 8.53. The zero-order valence-corrected chi connectivity index (χ0v) is 17.6. The van der Waals surface area contributed by atoms with Gasteiger partial charge in [0.2, 0.25) is 5.91 Å². The molecule has 1 N–H and O–H groups in total. The van der Waals surface area contributed by atoms with Crippen LogP contribution in [0.15, 0.2) is 53.7 Å². The molecule has 0 saturated carbocycles. The van der Waals surface area contributed by atoms with Crippen molar-refractivity contribution >= 4 is 23.4 Å². The van der Waals surface area contributed by atoms with Gasteiger partial charge >= 0.3 is 0 Å². The SMILES string of the molecule is CCOc1cccc(NC(=O)CSc2nnc3n2C(C)(C)Cc2ccccc2-3)c1. The number of rotatable bonds is 6. The number of hydrogen-bond acceptors (Lipinski definition) is 5. The van der Waals surface area contributed by atoms with Crippen molar-refractivity contribution < 1.29 is 9.53 Å². The molecule has 7 heteroatoms. The van der Waals surface area contributed by atoms with E-state index in [4.69, 9.17) is 4.74 Å². The Morgan fingerprint density at radius 3 is 2.86 bits per heavy atom. The minimum Gasteiger partial charge on any atom is -0.494 e. The van der Waals surface area contributed by atoms with E-state index in [1.807, 2.05) is 37.3 Å². The maximum absolute atomic E-state index is 12.5. The highest BCUT2D eigenvalue weighted by atomic mass is 32.2. The third-order valence-electron chi connectivity index (χ3n) is 4.88. The first-order valence-corrected chi connectivity index (χ1v) is 10.7. The van der Waals surface area contributed by atoms with Crippen LogP contribution in [0.4, 0.5) is 5.69 Å². The molecule has 1 aromatic heterocycles. The van der Waals surface area contributed by atoms with E-state index >= 15 is 0 Å². The summed E-state index contributed by atoms with van der Waals surface area (Å²) in [6.45, 7) is 6.88. The van der Waals surface area contributed by atoms with Crippen molar-refractivity contribution in [2.24, 2.45) is 0 Å². The van der Waals surface area contributed by atoms with Gasteiger partial charge in [0.1, 0.15) is 5.75 Å². The smallest absolute Gasteiger partial charge is 0.234 e. The van der Waals surface area contributed by atoms with Crippen molar-refractivity contribution in [2.75, 3.05) is 17.7 Å². The van der Waals surface area contributed by atoms with Gasteiger partial charge in [-0.05, 0) is 44.9 Å². The molecule has 0 aliphatic carbocycles.